The molecule has 0 aliphatic carbocycles. The molecule has 0 fully saturated rings. The van der Waals surface area contributed by atoms with Crippen LogP contribution in [0.3, 0.4) is 0 Å². The SMILES string of the molecule is Cc1cnc2nc(-c3nccnc3N)[nH]c2c1. The van der Waals surface area contributed by atoms with Crippen LogP contribution in [0.1, 0.15) is 5.56 Å². The molecule has 0 saturated carbocycles. The number of pyridine rings is 1. The van der Waals surface area contributed by atoms with Crippen molar-refractivity contribution in [3.63, 3.8) is 0 Å². The van der Waals surface area contributed by atoms with Gasteiger partial charge in [0.15, 0.2) is 17.3 Å². The zero-order valence-corrected chi connectivity index (χ0v) is 9.18. The highest BCUT2D eigenvalue weighted by Crippen LogP contribution is 2.20. The first-order valence-electron chi connectivity index (χ1n) is 5.13. The predicted molar refractivity (Wildman–Crippen MR) is 64.1 cm³/mol. The summed E-state index contributed by atoms with van der Waals surface area (Å²) in [4.78, 5) is 19.8. The van der Waals surface area contributed by atoms with E-state index in [1.807, 2.05) is 13.0 Å². The molecule has 3 aromatic rings. The molecule has 3 N–H and O–H groups in total. The number of rotatable bonds is 1. The predicted octanol–water partition coefficient (Wildman–Crippen LogP) is 1.31. The van der Waals surface area contributed by atoms with Crippen molar-refractivity contribution in [2.24, 2.45) is 0 Å². The molecule has 6 heteroatoms. The number of nitrogens with two attached hydrogens (primary N) is 1. The number of fused-ring (bicyclic) bond motifs is 1. The number of aryl methyl sites for hydroxylation is 1. The lowest BCUT2D eigenvalue weighted by Crippen LogP contribution is -1.96. The zero-order chi connectivity index (χ0) is 11.8. The average Bonchev–Trinajstić information content (AvgIpc) is 2.72. The third-order valence-corrected chi connectivity index (χ3v) is 2.43. The van der Waals surface area contributed by atoms with E-state index in [1.54, 1.807) is 18.6 Å². The van der Waals surface area contributed by atoms with E-state index in [0.29, 0.717) is 23.0 Å². The Hall–Kier alpha value is -2.50. The maximum absolute atomic E-state index is 5.75. The van der Waals surface area contributed by atoms with Crippen molar-refractivity contribution in [2.75, 3.05) is 5.73 Å². The Kier molecular flexibility index (Phi) is 2.01. The maximum Gasteiger partial charge on any atom is 0.178 e. The lowest BCUT2D eigenvalue weighted by molar-refractivity contribution is 1.17. The number of aromatic amines is 1. The average molecular weight is 226 g/mol. The number of nitrogens with zero attached hydrogens (tertiary/aromatic N) is 4. The second-order valence-electron chi connectivity index (χ2n) is 3.76. The van der Waals surface area contributed by atoms with Crippen LogP contribution in [0.15, 0.2) is 24.7 Å². The number of H-pyrrole nitrogens is 1. The molecular weight excluding hydrogens is 216 g/mol. The molecule has 0 aliphatic rings. The Bertz CT molecular complexity index is 687. The summed E-state index contributed by atoms with van der Waals surface area (Å²) in [5.41, 5.74) is 8.88. The molecular formula is C11H10N6. The number of hydrogen-bond donors (Lipinski definition) is 2. The molecule has 0 spiro atoms. The summed E-state index contributed by atoms with van der Waals surface area (Å²) in [5.74, 6) is 0.937. The summed E-state index contributed by atoms with van der Waals surface area (Å²) < 4.78 is 0. The van der Waals surface area contributed by atoms with E-state index in [2.05, 4.69) is 24.9 Å². The van der Waals surface area contributed by atoms with Gasteiger partial charge < -0.3 is 10.7 Å². The summed E-state index contributed by atoms with van der Waals surface area (Å²) >= 11 is 0. The third kappa shape index (κ3) is 1.59. The van der Waals surface area contributed by atoms with Crippen LogP contribution in [-0.2, 0) is 0 Å². The summed E-state index contributed by atoms with van der Waals surface area (Å²) in [6.45, 7) is 1.98. The largest absolute Gasteiger partial charge is 0.382 e. The number of anilines is 1. The molecule has 3 aromatic heterocycles. The number of nitrogen functional groups attached to an aromatic ring is 1. The van der Waals surface area contributed by atoms with Gasteiger partial charge in [-0.2, -0.15) is 0 Å². The molecule has 0 unspecified atom stereocenters. The minimum atomic E-state index is 0.350. The minimum absolute atomic E-state index is 0.350. The normalized spacial score (nSPS) is 10.9. The summed E-state index contributed by atoms with van der Waals surface area (Å²) in [7, 11) is 0. The number of hydrogen-bond acceptors (Lipinski definition) is 5. The Morgan fingerprint density at radius 3 is 2.82 bits per heavy atom. The quantitative estimate of drug-likeness (QED) is 0.652. The smallest absolute Gasteiger partial charge is 0.178 e. The fourth-order valence-electron chi connectivity index (χ4n) is 1.65. The van der Waals surface area contributed by atoms with Crippen LogP contribution >= 0.6 is 0 Å². The lowest BCUT2D eigenvalue weighted by Gasteiger charge is -1.97. The van der Waals surface area contributed by atoms with Crippen LogP contribution in [0.25, 0.3) is 22.7 Å². The standard InChI is InChI=1S/C11H10N6/c1-6-4-7-10(15-5-6)17-11(16-7)8-9(12)14-3-2-13-8/h2-5H,1H3,(H2,12,14)(H,15,16,17). The van der Waals surface area contributed by atoms with Gasteiger partial charge in [0.1, 0.15) is 5.69 Å². The Labute approximate surface area is 97.0 Å². The second-order valence-corrected chi connectivity index (χ2v) is 3.76. The van der Waals surface area contributed by atoms with Gasteiger partial charge in [-0.1, -0.05) is 0 Å². The molecule has 0 aromatic carbocycles. The van der Waals surface area contributed by atoms with Crippen molar-refractivity contribution in [3.05, 3.63) is 30.2 Å². The zero-order valence-electron chi connectivity index (χ0n) is 9.18. The van der Waals surface area contributed by atoms with Crippen molar-refractivity contribution in [3.8, 4) is 11.5 Å². The monoisotopic (exact) mass is 226 g/mol. The van der Waals surface area contributed by atoms with Crippen LogP contribution in [0.2, 0.25) is 0 Å². The van der Waals surface area contributed by atoms with Gasteiger partial charge in [-0.05, 0) is 18.6 Å². The van der Waals surface area contributed by atoms with Crippen LogP contribution in [0.4, 0.5) is 5.82 Å². The molecule has 0 aliphatic heterocycles. The molecule has 3 heterocycles. The molecule has 6 nitrogen and oxygen atoms in total. The first-order valence-corrected chi connectivity index (χ1v) is 5.13. The van der Waals surface area contributed by atoms with Gasteiger partial charge in [-0.3, -0.25) is 0 Å². The van der Waals surface area contributed by atoms with E-state index in [4.69, 9.17) is 5.73 Å². The van der Waals surface area contributed by atoms with E-state index in [0.717, 1.165) is 11.1 Å². The molecule has 17 heavy (non-hydrogen) atoms. The van der Waals surface area contributed by atoms with Crippen molar-refractivity contribution in [1.82, 2.24) is 24.9 Å². The molecule has 0 saturated heterocycles. The van der Waals surface area contributed by atoms with Gasteiger partial charge in [0.25, 0.3) is 0 Å². The highest BCUT2D eigenvalue weighted by molar-refractivity contribution is 5.77. The fourth-order valence-corrected chi connectivity index (χ4v) is 1.65. The van der Waals surface area contributed by atoms with E-state index in [-0.39, 0.29) is 0 Å². The summed E-state index contributed by atoms with van der Waals surface area (Å²) in [5, 5.41) is 0. The van der Waals surface area contributed by atoms with E-state index in [9.17, 15) is 0 Å². The van der Waals surface area contributed by atoms with Gasteiger partial charge in [0, 0.05) is 18.6 Å². The number of imidazole rings is 1. The Balaban J connectivity index is 2.22. The van der Waals surface area contributed by atoms with E-state index >= 15 is 0 Å². The molecule has 3 rings (SSSR count). The van der Waals surface area contributed by atoms with Gasteiger partial charge in [0.2, 0.25) is 0 Å². The molecule has 0 bridgehead atoms. The van der Waals surface area contributed by atoms with Crippen molar-refractivity contribution < 1.29 is 0 Å². The van der Waals surface area contributed by atoms with Crippen LogP contribution in [0.5, 0.6) is 0 Å². The third-order valence-electron chi connectivity index (χ3n) is 2.43. The van der Waals surface area contributed by atoms with Crippen molar-refractivity contribution in [2.45, 2.75) is 6.92 Å². The number of nitrogens with one attached hydrogen (secondary N) is 1. The van der Waals surface area contributed by atoms with E-state index in [1.165, 1.54) is 0 Å². The van der Waals surface area contributed by atoms with Crippen molar-refractivity contribution >= 4 is 17.0 Å². The van der Waals surface area contributed by atoms with Gasteiger partial charge in [0.05, 0.1) is 5.52 Å². The highest BCUT2D eigenvalue weighted by Gasteiger charge is 2.10. The van der Waals surface area contributed by atoms with Gasteiger partial charge >= 0.3 is 0 Å². The lowest BCUT2D eigenvalue weighted by atomic mass is 10.3. The van der Waals surface area contributed by atoms with E-state index < -0.39 is 0 Å². The number of aromatic nitrogens is 5. The van der Waals surface area contributed by atoms with Gasteiger partial charge in [-0.15, -0.1) is 0 Å². The topological polar surface area (TPSA) is 93.4 Å². The Morgan fingerprint density at radius 2 is 2.00 bits per heavy atom. The van der Waals surface area contributed by atoms with Gasteiger partial charge in [-0.25, -0.2) is 19.9 Å². The molecule has 84 valence electrons. The van der Waals surface area contributed by atoms with Crippen molar-refractivity contribution in [1.29, 1.82) is 0 Å². The first-order chi connectivity index (χ1) is 8.24. The van der Waals surface area contributed by atoms with Crippen LogP contribution in [-0.4, -0.2) is 24.9 Å². The summed E-state index contributed by atoms with van der Waals surface area (Å²) in [6, 6.07) is 1.98. The summed E-state index contributed by atoms with van der Waals surface area (Å²) in [6.07, 6.45) is 4.90. The second kappa shape index (κ2) is 3.51. The highest BCUT2D eigenvalue weighted by atomic mass is 15.0. The molecule has 0 atom stereocenters. The maximum atomic E-state index is 5.75. The Morgan fingerprint density at radius 1 is 1.18 bits per heavy atom. The van der Waals surface area contributed by atoms with Crippen LogP contribution < -0.4 is 5.73 Å². The first kappa shape index (κ1) is 9.71. The minimum Gasteiger partial charge on any atom is -0.382 e. The molecule has 0 radical (unpaired) electrons. The fraction of sp³-hybridized carbons (Fsp3) is 0.0909. The van der Waals surface area contributed by atoms with Crippen LogP contribution in [0, 0.1) is 6.92 Å². The molecule has 0 amide bonds.